The fourth-order valence-corrected chi connectivity index (χ4v) is 6.22. The van der Waals surface area contributed by atoms with Crippen molar-refractivity contribution in [3.05, 3.63) is 0 Å². The van der Waals surface area contributed by atoms with Crippen LogP contribution in [0.15, 0.2) is 0 Å². The zero-order valence-corrected chi connectivity index (χ0v) is 21.7. The number of ether oxygens (including phenoxy) is 5. The predicted octanol–water partition coefficient (Wildman–Crippen LogP) is -1.97. The summed E-state index contributed by atoms with van der Waals surface area (Å²) in [7, 11) is 0. The Morgan fingerprint density at radius 3 is 2.03 bits per heavy atom. The third-order valence-corrected chi connectivity index (χ3v) is 7.98. The number of fused-ring (bicyclic) bond motifs is 5. The molecule has 2 bridgehead atoms. The number of nitrogens with zero attached hydrogens (tertiary/aromatic N) is 1. The summed E-state index contributed by atoms with van der Waals surface area (Å²) in [5, 5.41) is 32.1. The molecule has 2 saturated carbocycles. The van der Waals surface area contributed by atoms with Crippen molar-refractivity contribution in [2.24, 2.45) is 23.7 Å². The maximum Gasteiger partial charge on any atom is 0.233 e. The first kappa shape index (κ1) is 29.3. The van der Waals surface area contributed by atoms with Gasteiger partial charge in [-0.25, -0.2) is 0 Å². The molecule has 0 aromatic carbocycles. The molecule has 38 heavy (non-hydrogen) atoms. The summed E-state index contributed by atoms with van der Waals surface area (Å²) in [5.41, 5.74) is 0. The Hall–Kier alpha value is -1.71. The lowest BCUT2D eigenvalue weighted by atomic mass is 9.81. The maximum absolute atomic E-state index is 12.7. The van der Waals surface area contributed by atoms with Crippen LogP contribution in [0.25, 0.3) is 0 Å². The summed E-state index contributed by atoms with van der Waals surface area (Å²) in [4.78, 5) is 38.1. The van der Waals surface area contributed by atoms with Crippen LogP contribution in [-0.4, -0.2) is 128 Å². The zero-order chi connectivity index (χ0) is 27.2. The van der Waals surface area contributed by atoms with E-state index in [4.69, 9.17) is 23.7 Å². The van der Waals surface area contributed by atoms with Crippen LogP contribution < -0.4 is 5.32 Å². The average Bonchev–Trinajstić information content (AvgIpc) is 3.58. The Morgan fingerprint density at radius 1 is 0.921 bits per heavy atom. The number of aliphatic hydroxyl groups is 3. The Labute approximate surface area is 221 Å². The highest BCUT2D eigenvalue weighted by Gasteiger charge is 2.60. The first-order valence-corrected chi connectivity index (χ1v) is 13.4. The van der Waals surface area contributed by atoms with E-state index in [9.17, 15) is 29.7 Å². The Kier molecular flexibility index (Phi) is 10.5. The molecule has 2 aliphatic heterocycles. The van der Waals surface area contributed by atoms with Crippen LogP contribution in [0.5, 0.6) is 0 Å². The van der Waals surface area contributed by atoms with Gasteiger partial charge in [0.05, 0.1) is 71.2 Å². The third-order valence-electron chi connectivity index (χ3n) is 7.98. The topological polar surface area (TPSA) is 173 Å². The van der Waals surface area contributed by atoms with E-state index in [1.807, 2.05) is 0 Å². The van der Waals surface area contributed by atoms with Crippen LogP contribution in [-0.2, 0) is 38.1 Å². The van der Waals surface area contributed by atoms with Gasteiger partial charge in [0, 0.05) is 6.92 Å². The van der Waals surface area contributed by atoms with E-state index in [0.29, 0.717) is 38.3 Å². The van der Waals surface area contributed by atoms with Gasteiger partial charge in [0.15, 0.2) is 6.29 Å². The lowest BCUT2D eigenvalue weighted by molar-refractivity contribution is -0.272. The lowest BCUT2D eigenvalue weighted by Gasteiger charge is -2.42. The van der Waals surface area contributed by atoms with Crippen LogP contribution in [0.2, 0.25) is 0 Å². The fourth-order valence-electron chi connectivity index (χ4n) is 6.22. The molecular formula is C25H40N2O11. The first-order valence-electron chi connectivity index (χ1n) is 13.4. The SMILES string of the molecule is CC(=O)N[C@H]1[C@H](OCCOCCOCCOCCN2C(=O)[C@@H]3[C@H]4CC[C@H](C4)[C@@H]3C2=O)O[C@H](CO)[C@@H](O)[C@@H]1O. The van der Waals surface area contributed by atoms with E-state index in [1.54, 1.807) is 0 Å². The first-order chi connectivity index (χ1) is 18.3. The summed E-state index contributed by atoms with van der Waals surface area (Å²) in [6.07, 6.45) is -1.67. The minimum absolute atomic E-state index is 0.0177. The Balaban J connectivity index is 1.01. The summed E-state index contributed by atoms with van der Waals surface area (Å²) < 4.78 is 27.5. The number of carbonyl (C=O) groups excluding carboxylic acids is 3. The van der Waals surface area contributed by atoms with Crippen molar-refractivity contribution < 1.29 is 53.4 Å². The molecular weight excluding hydrogens is 504 g/mol. The molecule has 3 amide bonds. The van der Waals surface area contributed by atoms with Crippen molar-refractivity contribution in [1.82, 2.24) is 10.2 Å². The number of hydrogen-bond acceptors (Lipinski definition) is 11. The van der Waals surface area contributed by atoms with Gasteiger partial charge in [-0.1, -0.05) is 0 Å². The molecule has 13 heteroatoms. The van der Waals surface area contributed by atoms with Gasteiger partial charge in [-0.2, -0.15) is 0 Å². The maximum atomic E-state index is 12.7. The van der Waals surface area contributed by atoms with Crippen molar-refractivity contribution in [3.63, 3.8) is 0 Å². The molecule has 0 spiro atoms. The predicted molar refractivity (Wildman–Crippen MR) is 128 cm³/mol. The Morgan fingerprint density at radius 2 is 1.47 bits per heavy atom. The zero-order valence-electron chi connectivity index (χ0n) is 21.7. The van der Waals surface area contributed by atoms with Gasteiger partial charge in [-0.15, -0.1) is 0 Å². The molecule has 0 aromatic heterocycles. The van der Waals surface area contributed by atoms with Gasteiger partial charge in [-0.3, -0.25) is 19.3 Å². The van der Waals surface area contributed by atoms with E-state index < -0.39 is 43.2 Å². The molecule has 13 nitrogen and oxygen atoms in total. The smallest absolute Gasteiger partial charge is 0.233 e. The normalized spacial score (nSPS) is 36.2. The Bertz CT molecular complexity index is 801. The van der Waals surface area contributed by atoms with Crippen LogP contribution in [0, 0.1) is 23.7 Å². The number of imide groups is 1. The molecule has 2 heterocycles. The minimum Gasteiger partial charge on any atom is -0.394 e. The summed E-state index contributed by atoms with van der Waals surface area (Å²) in [6.45, 7) is 2.90. The van der Waals surface area contributed by atoms with Crippen molar-refractivity contribution in [3.8, 4) is 0 Å². The van der Waals surface area contributed by atoms with Crippen LogP contribution >= 0.6 is 0 Å². The van der Waals surface area contributed by atoms with Crippen LogP contribution in [0.3, 0.4) is 0 Å². The van der Waals surface area contributed by atoms with Gasteiger partial charge in [0.2, 0.25) is 17.7 Å². The van der Waals surface area contributed by atoms with E-state index in [0.717, 1.165) is 19.3 Å². The van der Waals surface area contributed by atoms with Crippen molar-refractivity contribution in [1.29, 1.82) is 0 Å². The van der Waals surface area contributed by atoms with E-state index in [2.05, 4.69) is 5.32 Å². The lowest BCUT2D eigenvalue weighted by Crippen LogP contribution is -2.64. The fraction of sp³-hybridized carbons (Fsp3) is 0.880. The number of nitrogens with one attached hydrogen (secondary N) is 1. The second-order valence-corrected chi connectivity index (χ2v) is 10.4. The second-order valence-electron chi connectivity index (χ2n) is 10.4. The van der Waals surface area contributed by atoms with Crippen molar-refractivity contribution in [2.45, 2.75) is 56.8 Å². The van der Waals surface area contributed by atoms with Gasteiger partial charge in [-0.05, 0) is 31.1 Å². The number of hydrogen-bond donors (Lipinski definition) is 4. The van der Waals surface area contributed by atoms with E-state index in [-0.39, 0.29) is 50.0 Å². The third kappa shape index (κ3) is 6.53. The summed E-state index contributed by atoms with van der Waals surface area (Å²) >= 11 is 0. The van der Waals surface area contributed by atoms with Gasteiger partial charge in [0.25, 0.3) is 0 Å². The highest BCUT2D eigenvalue weighted by molar-refractivity contribution is 6.06. The van der Waals surface area contributed by atoms with E-state index >= 15 is 0 Å². The molecule has 4 aliphatic rings. The summed E-state index contributed by atoms with van der Waals surface area (Å²) in [6, 6.07) is -0.995. The number of aliphatic hydroxyl groups excluding tert-OH is 3. The molecule has 216 valence electrons. The molecule has 0 aromatic rings. The molecule has 0 radical (unpaired) electrons. The molecule has 4 fully saturated rings. The number of amides is 3. The van der Waals surface area contributed by atoms with E-state index in [1.165, 1.54) is 11.8 Å². The number of carbonyl (C=O) groups is 3. The largest absolute Gasteiger partial charge is 0.394 e. The minimum atomic E-state index is -1.37. The van der Waals surface area contributed by atoms with Gasteiger partial charge >= 0.3 is 0 Å². The average molecular weight is 545 g/mol. The van der Waals surface area contributed by atoms with Crippen molar-refractivity contribution in [2.75, 3.05) is 59.4 Å². The molecule has 2 saturated heterocycles. The monoisotopic (exact) mass is 544 g/mol. The summed E-state index contributed by atoms with van der Waals surface area (Å²) in [5.74, 6) is 0.117. The van der Waals surface area contributed by atoms with Gasteiger partial charge < -0.3 is 44.3 Å². The number of rotatable bonds is 15. The van der Waals surface area contributed by atoms with Crippen LogP contribution in [0.1, 0.15) is 26.2 Å². The van der Waals surface area contributed by atoms with Crippen molar-refractivity contribution >= 4 is 17.7 Å². The van der Waals surface area contributed by atoms with Crippen LogP contribution in [0.4, 0.5) is 0 Å². The molecule has 4 rings (SSSR count). The highest BCUT2D eigenvalue weighted by atomic mass is 16.7. The highest BCUT2D eigenvalue weighted by Crippen LogP contribution is 2.56. The molecule has 4 N–H and O–H groups in total. The molecule has 2 aliphatic carbocycles. The number of likely N-dealkylation sites (tertiary alicyclic amines) is 1. The quantitative estimate of drug-likeness (QED) is 0.133. The second kappa shape index (κ2) is 13.6. The van der Waals surface area contributed by atoms with Gasteiger partial charge in [0.1, 0.15) is 24.4 Å². The molecule has 0 unspecified atom stereocenters. The molecule has 9 atom stereocenters. The standard InChI is InChI=1S/C25H40N2O11/c1-14(29)26-20-22(31)21(30)17(13-28)38-25(20)37-11-10-36-9-8-35-7-6-34-5-4-27-23(32)18-15-2-3-16(12-15)19(18)24(27)33/h15-22,25,28,30-31H,2-13H2,1H3,(H,26,29)/t15-,16+,17-,18+,19-,20-,21-,22-,25-/m1/s1.